The van der Waals surface area contributed by atoms with E-state index in [0.717, 1.165) is 12.5 Å². The molecule has 1 aliphatic carbocycles. The van der Waals surface area contributed by atoms with Crippen LogP contribution in [0.4, 0.5) is 0 Å². The van der Waals surface area contributed by atoms with Crippen LogP contribution in [0, 0.1) is 0 Å². The second-order valence-electron chi connectivity index (χ2n) is 5.85. The van der Waals surface area contributed by atoms with Gasteiger partial charge in [-0.3, -0.25) is 0 Å². The van der Waals surface area contributed by atoms with E-state index < -0.39 is 0 Å². The van der Waals surface area contributed by atoms with Crippen molar-refractivity contribution in [2.45, 2.75) is 57.9 Å². The summed E-state index contributed by atoms with van der Waals surface area (Å²) in [7, 11) is 0. The van der Waals surface area contributed by atoms with Crippen LogP contribution in [0.5, 0.6) is 0 Å². The van der Waals surface area contributed by atoms with Crippen LogP contribution >= 0.6 is 11.8 Å². The first-order valence-corrected chi connectivity index (χ1v) is 9.39. The standard InChI is InChI=1S/C18H29NS/c1-3-12-20-14-17(19-4-2)13-16-10-7-9-15-8-5-6-11-18(15)16/h5-6,8,11,16-17,19H,3-4,7,9-10,12-14H2,1-2H3. The third-order valence-electron chi connectivity index (χ3n) is 4.22. The van der Waals surface area contributed by atoms with Gasteiger partial charge in [0.2, 0.25) is 0 Å². The Labute approximate surface area is 128 Å². The van der Waals surface area contributed by atoms with Gasteiger partial charge >= 0.3 is 0 Å². The minimum absolute atomic E-state index is 0.674. The van der Waals surface area contributed by atoms with Gasteiger partial charge in [0, 0.05) is 11.8 Å². The summed E-state index contributed by atoms with van der Waals surface area (Å²) in [6.07, 6.45) is 6.61. The van der Waals surface area contributed by atoms with E-state index in [1.165, 1.54) is 43.6 Å². The van der Waals surface area contributed by atoms with Crippen LogP contribution in [0.15, 0.2) is 24.3 Å². The highest BCUT2D eigenvalue weighted by Gasteiger charge is 2.22. The fourth-order valence-corrected chi connectivity index (χ4v) is 4.31. The molecule has 0 heterocycles. The Balaban J connectivity index is 1.96. The van der Waals surface area contributed by atoms with Crippen LogP contribution in [0.25, 0.3) is 0 Å². The van der Waals surface area contributed by atoms with Crippen molar-refractivity contribution in [1.29, 1.82) is 0 Å². The molecule has 1 nitrogen and oxygen atoms in total. The monoisotopic (exact) mass is 291 g/mol. The van der Waals surface area contributed by atoms with Crippen LogP contribution in [0.1, 0.15) is 56.6 Å². The van der Waals surface area contributed by atoms with Gasteiger partial charge < -0.3 is 5.32 Å². The Morgan fingerprint density at radius 3 is 2.95 bits per heavy atom. The predicted octanol–water partition coefficient (Wildman–Crippen LogP) is 4.62. The normalized spacial score (nSPS) is 19.6. The van der Waals surface area contributed by atoms with Crippen molar-refractivity contribution >= 4 is 11.8 Å². The number of hydrogen-bond donors (Lipinski definition) is 1. The molecule has 2 heteroatoms. The summed E-state index contributed by atoms with van der Waals surface area (Å²) in [4.78, 5) is 0. The van der Waals surface area contributed by atoms with Crippen LogP contribution in [0.2, 0.25) is 0 Å². The molecule has 0 radical (unpaired) electrons. The maximum Gasteiger partial charge on any atom is 0.0163 e. The lowest BCUT2D eigenvalue weighted by Crippen LogP contribution is -2.33. The summed E-state index contributed by atoms with van der Waals surface area (Å²) < 4.78 is 0. The highest BCUT2D eigenvalue weighted by atomic mass is 32.2. The second-order valence-corrected chi connectivity index (χ2v) is 7.00. The largest absolute Gasteiger partial charge is 0.313 e. The van der Waals surface area contributed by atoms with Crippen molar-refractivity contribution in [1.82, 2.24) is 5.32 Å². The first kappa shape index (κ1) is 15.9. The number of fused-ring (bicyclic) bond motifs is 1. The molecule has 112 valence electrons. The number of rotatable bonds is 8. The molecular formula is C18H29NS. The number of benzene rings is 1. The molecule has 0 amide bonds. The lowest BCUT2D eigenvalue weighted by molar-refractivity contribution is 0.440. The molecule has 1 N–H and O–H groups in total. The molecule has 0 aromatic heterocycles. The maximum absolute atomic E-state index is 3.70. The maximum atomic E-state index is 3.70. The number of aryl methyl sites for hydroxylation is 1. The van der Waals surface area contributed by atoms with Crippen molar-refractivity contribution in [2.24, 2.45) is 0 Å². The summed E-state index contributed by atoms with van der Waals surface area (Å²) in [5.74, 6) is 3.33. The zero-order chi connectivity index (χ0) is 14.2. The molecule has 1 aromatic carbocycles. The molecule has 2 unspecified atom stereocenters. The van der Waals surface area contributed by atoms with Crippen molar-refractivity contribution in [2.75, 3.05) is 18.1 Å². The first-order chi connectivity index (χ1) is 9.85. The van der Waals surface area contributed by atoms with Crippen LogP contribution in [-0.2, 0) is 6.42 Å². The van der Waals surface area contributed by atoms with E-state index in [-0.39, 0.29) is 0 Å². The molecular weight excluding hydrogens is 262 g/mol. The average Bonchev–Trinajstić information content (AvgIpc) is 2.48. The van der Waals surface area contributed by atoms with Gasteiger partial charge in [-0.2, -0.15) is 11.8 Å². The molecule has 0 aliphatic heterocycles. The molecule has 0 fully saturated rings. The fourth-order valence-electron chi connectivity index (χ4n) is 3.31. The van der Waals surface area contributed by atoms with Gasteiger partial charge in [-0.05, 0) is 61.4 Å². The summed E-state index contributed by atoms with van der Waals surface area (Å²) in [6, 6.07) is 9.77. The van der Waals surface area contributed by atoms with Crippen LogP contribution in [0.3, 0.4) is 0 Å². The van der Waals surface area contributed by atoms with Crippen molar-refractivity contribution in [3.63, 3.8) is 0 Å². The van der Waals surface area contributed by atoms with E-state index in [2.05, 4.69) is 55.2 Å². The number of nitrogens with one attached hydrogen (secondary N) is 1. The Morgan fingerprint density at radius 1 is 1.30 bits per heavy atom. The zero-order valence-electron chi connectivity index (χ0n) is 13.0. The van der Waals surface area contributed by atoms with Crippen molar-refractivity contribution < 1.29 is 0 Å². The highest BCUT2D eigenvalue weighted by molar-refractivity contribution is 7.99. The van der Waals surface area contributed by atoms with Crippen molar-refractivity contribution in [3.05, 3.63) is 35.4 Å². The lowest BCUT2D eigenvalue weighted by Gasteiger charge is -2.29. The lowest BCUT2D eigenvalue weighted by atomic mass is 9.80. The van der Waals surface area contributed by atoms with E-state index in [1.807, 2.05) is 0 Å². The Hall–Kier alpha value is -0.470. The van der Waals surface area contributed by atoms with E-state index in [0.29, 0.717) is 6.04 Å². The fraction of sp³-hybridized carbons (Fsp3) is 0.667. The summed E-state index contributed by atoms with van der Waals surface area (Å²) in [6.45, 7) is 5.59. The Morgan fingerprint density at radius 2 is 2.15 bits per heavy atom. The third-order valence-corrected chi connectivity index (χ3v) is 5.56. The molecule has 0 saturated carbocycles. The van der Waals surface area contributed by atoms with Crippen LogP contribution in [-0.4, -0.2) is 24.1 Å². The first-order valence-electron chi connectivity index (χ1n) is 8.24. The molecule has 0 saturated heterocycles. The Bertz CT molecular complexity index is 391. The van der Waals surface area contributed by atoms with Gasteiger partial charge in [-0.25, -0.2) is 0 Å². The minimum Gasteiger partial charge on any atom is -0.313 e. The average molecular weight is 292 g/mol. The predicted molar refractivity (Wildman–Crippen MR) is 91.8 cm³/mol. The zero-order valence-corrected chi connectivity index (χ0v) is 13.8. The number of hydrogen-bond acceptors (Lipinski definition) is 2. The summed E-state index contributed by atoms with van der Waals surface area (Å²) >= 11 is 2.11. The van der Waals surface area contributed by atoms with Gasteiger partial charge in [0.05, 0.1) is 0 Å². The van der Waals surface area contributed by atoms with E-state index in [1.54, 1.807) is 11.1 Å². The second kappa shape index (κ2) is 8.74. The van der Waals surface area contributed by atoms with Gasteiger partial charge in [0.25, 0.3) is 0 Å². The van der Waals surface area contributed by atoms with E-state index in [9.17, 15) is 0 Å². The quantitative estimate of drug-likeness (QED) is 0.702. The smallest absolute Gasteiger partial charge is 0.0163 e. The SMILES string of the molecule is CCCSCC(CC1CCCc2ccccc21)NCC. The molecule has 1 aliphatic rings. The summed E-state index contributed by atoms with van der Waals surface area (Å²) in [5, 5.41) is 3.70. The molecule has 2 atom stereocenters. The highest BCUT2D eigenvalue weighted by Crippen LogP contribution is 2.35. The van der Waals surface area contributed by atoms with Crippen LogP contribution < -0.4 is 5.32 Å². The van der Waals surface area contributed by atoms with E-state index in [4.69, 9.17) is 0 Å². The van der Waals surface area contributed by atoms with E-state index >= 15 is 0 Å². The molecule has 20 heavy (non-hydrogen) atoms. The third kappa shape index (κ3) is 4.53. The number of thioether (sulfide) groups is 1. The van der Waals surface area contributed by atoms with Gasteiger partial charge in [0.1, 0.15) is 0 Å². The Kier molecular flexibility index (Phi) is 6.95. The summed E-state index contributed by atoms with van der Waals surface area (Å²) in [5.41, 5.74) is 3.22. The van der Waals surface area contributed by atoms with Gasteiger partial charge in [-0.1, -0.05) is 38.1 Å². The topological polar surface area (TPSA) is 12.0 Å². The van der Waals surface area contributed by atoms with Crippen molar-refractivity contribution in [3.8, 4) is 0 Å². The molecule has 0 bridgehead atoms. The van der Waals surface area contributed by atoms with Gasteiger partial charge in [0.15, 0.2) is 0 Å². The molecule has 0 spiro atoms. The molecule has 1 aromatic rings. The van der Waals surface area contributed by atoms with Gasteiger partial charge in [-0.15, -0.1) is 0 Å². The molecule has 2 rings (SSSR count). The minimum atomic E-state index is 0.674.